The number of hydrogen-bond donors (Lipinski definition) is 4. The molecule has 0 radical (unpaired) electrons. The Balaban J connectivity index is 0.000000727. The van der Waals surface area contributed by atoms with Crippen molar-refractivity contribution in [3.05, 3.63) is 18.0 Å². The highest BCUT2D eigenvalue weighted by Gasteiger charge is 2.56. The van der Waals surface area contributed by atoms with E-state index in [0.717, 1.165) is 38.3 Å². The van der Waals surface area contributed by atoms with Crippen molar-refractivity contribution < 1.29 is 74.0 Å². The zero-order chi connectivity index (χ0) is 37.8. The van der Waals surface area contributed by atoms with E-state index in [1.807, 2.05) is 0 Å². The molecule has 2 saturated heterocycles. The number of aromatic nitrogens is 2. The molecular formula is C28H40F9N5O7. The Kier molecular flexibility index (Phi) is 16.5. The van der Waals surface area contributed by atoms with Crippen molar-refractivity contribution in [1.82, 2.24) is 20.2 Å². The minimum Gasteiger partial charge on any atom is -0.483 e. The summed E-state index contributed by atoms with van der Waals surface area (Å²) in [5.41, 5.74) is -3.10. The van der Waals surface area contributed by atoms with Gasteiger partial charge in [0.25, 0.3) is 6.47 Å². The summed E-state index contributed by atoms with van der Waals surface area (Å²) in [5, 5.41) is 28.9. The minimum atomic E-state index is -5.08. The summed E-state index contributed by atoms with van der Waals surface area (Å²) in [6, 6.07) is 1.32. The molecule has 3 heterocycles. The Morgan fingerprint density at radius 1 is 1.08 bits per heavy atom. The first-order chi connectivity index (χ1) is 22.5. The van der Waals surface area contributed by atoms with Gasteiger partial charge in [-0.25, -0.2) is 14.8 Å². The summed E-state index contributed by atoms with van der Waals surface area (Å²) in [6.45, 7) is 4.44. The van der Waals surface area contributed by atoms with E-state index in [2.05, 4.69) is 22.2 Å². The van der Waals surface area contributed by atoms with Crippen molar-refractivity contribution in [2.24, 2.45) is 11.3 Å². The number of carbonyl (C=O) groups excluding carboxylic acids is 1. The van der Waals surface area contributed by atoms with E-state index in [1.54, 1.807) is 23.6 Å². The maximum absolute atomic E-state index is 13.8. The Hall–Kier alpha value is -3.46. The van der Waals surface area contributed by atoms with Gasteiger partial charge in [-0.3, -0.25) is 9.59 Å². The van der Waals surface area contributed by atoms with E-state index in [0.29, 0.717) is 51.0 Å². The van der Waals surface area contributed by atoms with Crippen molar-refractivity contribution in [2.75, 3.05) is 44.3 Å². The maximum atomic E-state index is 13.8. The molecule has 4 atom stereocenters. The number of rotatable bonds is 5. The highest BCUT2D eigenvalue weighted by molar-refractivity contribution is 5.85. The number of aliphatic carboxylic acids is 1. The van der Waals surface area contributed by atoms with E-state index in [9.17, 15) is 49.4 Å². The molecule has 0 aromatic carbocycles. The number of anilines is 1. The van der Waals surface area contributed by atoms with Crippen LogP contribution in [0, 0.1) is 11.3 Å². The number of nitrogens with zero attached hydrogens (tertiary/aromatic N) is 4. The fraction of sp³-hybridized carbons (Fsp3) is 0.750. The Morgan fingerprint density at radius 3 is 2.06 bits per heavy atom. The largest absolute Gasteiger partial charge is 0.490 e. The standard InChI is InChI=1S/C24H36F3N5O3.C2HF3O2.CHF3.CH2O2/c1-16-15-35-13-6-18(16)29-17-4-7-23(14-17,22(2,3)34)20(33)31-9-11-32(12-10-31)21-28-8-5-19(30-21)24(25,26)27;3-2(4,5)1(6)7;2-1(3)4;2-1-3/h5,8,16-18,29,34H,4,6-7,9-15H2,1-3H3;(H,6,7);1H;1H,(H,2,3)/t16?,17-,18?,23-;;;/m1.../s1. The smallest absolute Gasteiger partial charge is 0.483 e. The number of nitrogens with one attached hydrogen (secondary N) is 1. The zero-order valence-electron chi connectivity index (χ0n) is 26.8. The van der Waals surface area contributed by atoms with E-state index in [1.165, 1.54) is 0 Å². The molecule has 282 valence electrons. The first-order valence-electron chi connectivity index (χ1n) is 14.8. The maximum Gasteiger partial charge on any atom is 0.490 e. The second-order valence-corrected chi connectivity index (χ2v) is 11.9. The number of aliphatic hydroxyl groups is 1. The molecule has 2 unspecified atom stereocenters. The number of ether oxygens (including phenoxy) is 1. The second-order valence-electron chi connectivity index (χ2n) is 11.9. The molecule has 21 heteroatoms. The topological polar surface area (TPSA) is 165 Å². The number of carbonyl (C=O) groups is 3. The van der Waals surface area contributed by atoms with Crippen molar-refractivity contribution in [2.45, 2.75) is 83.2 Å². The van der Waals surface area contributed by atoms with Crippen LogP contribution in [0.1, 0.15) is 52.1 Å². The lowest BCUT2D eigenvalue weighted by Gasteiger charge is -2.45. The molecule has 0 spiro atoms. The van der Waals surface area contributed by atoms with Crippen LogP contribution in [-0.4, -0.2) is 118 Å². The van der Waals surface area contributed by atoms with Crippen LogP contribution in [0.25, 0.3) is 0 Å². The van der Waals surface area contributed by atoms with Crippen molar-refractivity contribution >= 4 is 24.3 Å². The monoisotopic (exact) mass is 729 g/mol. The van der Waals surface area contributed by atoms with Gasteiger partial charge in [0.05, 0.1) is 17.6 Å². The van der Waals surface area contributed by atoms with Crippen LogP contribution in [0.2, 0.25) is 0 Å². The minimum absolute atomic E-state index is 0.0137. The highest BCUT2D eigenvalue weighted by Crippen LogP contribution is 2.48. The van der Waals surface area contributed by atoms with Crippen LogP contribution in [0.4, 0.5) is 45.5 Å². The van der Waals surface area contributed by atoms with Crippen molar-refractivity contribution in [1.29, 1.82) is 0 Å². The molecule has 12 nitrogen and oxygen atoms in total. The molecule has 4 rings (SSSR count). The van der Waals surface area contributed by atoms with E-state index < -0.39 is 41.7 Å². The molecule has 1 aromatic heterocycles. The summed E-state index contributed by atoms with van der Waals surface area (Å²) < 4.78 is 105. The molecule has 49 heavy (non-hydrogen) atoms. The predicted octanol–water partition coefficient (Wildman–Crippen LogP) is 3.98. The summed E-state index contributed by atoms with van der Waals surface area (Å²) >= 11 is 0. The SMILES string of the molecule is CC1COCCC1N[C@@H]1CC[C@@](C(=O)N2CCN(c3nccc(C(F)(F)F)n3)CC2)(C(C)(C)O)C1.FC(F)F.O=C(O)C(F)(F)F.O=CO. The molecule has 3 aliphatic rings. The summed E-state index contributed by atoms with van der Waals surface area (Å²) in [7, 11) is 0. The van der Waals surface area contributed by atoms with Crippen LogP contribution in [0.3, 0.4) is 0 Å². The van der Waals surface area contributed by atoms with Crippen molar-refractivity contribution in [3.63, 3.8) is 0 Å². The van der Waals surface area contributed by atoms with Gasteiger partial charge in [-0.15, -0.1) is 0 Å². The molecule has 0 bridgehead atoms. The zero-order valence-corrected chi connectivity index (χ0v) is 26.8. The van der Waals surface area contributed by atoms with Crippen LogP contribution in [0.5, 0.6) is 0 Å². The number of hydrogen-bond acceptors (Lipinski definition) is 9. The van der Waals surface area contributed by atoms with Gasteiger partial charge in [-0.2, -0.15) is 39.5 Å². The first-order valence-corrected chi connectivity index (χ1v) is 14.8. The van der Waals surface area contributed by atoms with Crippen LogP contribution in [-0.2, 0) is 25.3 Å². The fourth-order valence-electron chi connectivity index (χ4n) is 5.70. The van der Waals surface area contributed by atoms with Gasteiger partial charge in [-0.1, -0.05) is 6.92 Å². The van der Waals surface area contributed by atoms with E-state index in [4.69, 9.17) is 24.5 Å². The third kappa shape index (κ3) is 13.4. The number of carboxylic acids is 1. The predicted molar refractivity (Wildman–Crippen MR) is 153 cm³/mol. The number of amides is 1. The van der Waals surface area contributed by atoms with E-state index in [-0.39, 0.29) is 24.4 Å². The number of carboxylic acid groups (broad SMARTS) is 2. The van der Waals surface area contributed by atoms with Crippen LogP contribution in [0.15, 0.2) is 12.3 Å². The van der Waals surface area contributed by atoms with Gasteiger partial charge >= 0.3 is 25.0 Å². The second kappa shape index (κ2) is 18.5. The molecule has 1 aliphatic carbocycles. The quantitative estimate of drug-likeness (QED) is 0.256. The van der Waals surface area contributed by atoms with Gasteiger partial charge < -0.3 is 35.2 Å². The molecular weight excluding hydrogens is 689 g/mol. The Labute approximate surface area is 275 Å². The lowest BCUT2D eigenvalue weighted by atomic mass is 9.70. The van der Waals surface area contributed by atoms with Crippen LogP contribution < -0.4 is 10.2 Å². The van der Waals surface area contributed by atoms with Gasteiger partial charge in [0.2, 0.25) is 11.9 Å². The normalized spacial score (nSPS) is 24.4. The molecule has 1 aromatic rings. The molecule has 4 N–H and O–H groups in total. The summed E-state index contributed by atoms with van der Waals surface area (Å²) in [5.74, 6) is -2.44. The molecule has 1 amide bonds. The molecule has 1 saturated carbocycles. The Bertz CT molecular complexity index is 1190. The third-order valence-electron chi connectivity index (χ3n) is 8.21. The average Bonchev–Trinajstić information content (AvgIpc) is 3.43. The average molecular weight is 730 g/mol. The van der Waals surface area contributed by atoms with Crippen molar-refractivity contribution in [3.8, 4) is 0 Å². The number of piperazine rings is 1. The van der Waals surface area contributed by atoms with Gasteiger partial charge in [0.1, 0.15) is 5.69 Å². The first kappa shape index (κ1) is 43.6. The van der Waals surface area contributed by atoms with Gasteiger partial charge in [-0.05, 0) is 51.5 Å². The molecule has 3 fully saturated rings. The highest BCUT2D eigenvalue weighted by atomic mass is 19.4. The number of alkyl halides is 9. The summed E-state index contributed by atoms with van der Waals surface area (Å²) in [6.07, 6.45) is -5.64. The lowest BCUT2D eigenvalue weighted by molar-refractivity contribution is -0.192. The third-order valence-corrected chi connectivity index (χ3v) is 8.21. The van der Waals surface area contributed by atoms with Crippen LogP contribution >= 0.6 is 0 Å². The van der Waals surface area contributed by atoms with Gasteiger partial charge in [0.15, 0.2) is 0 Å². The molecule has 2 aliphatic heterocycles. The van der Waals surface area contributed by atoms with Gasteiger partial charge in [0, 0.05) is 51.1 Å². The lowest BCUT2D eigenvalue weighted by Crippen LogP contribution is -2.59. The van der Waals surface area contributed by atoms with E-state index >= 15 is 0 Å². The summed E-state index contributed by atoms with van der Waals surface area (Å²) in [4.78, 5) is 42.2. The fourth-order valence-corrected chi connectivity index (χ4v) is 5.70. The Morgan fingerprint density at radius 2 is 1.61 bits per heavy atom. The number of halogens is 9.